The highest BCUT2D eigenvalue weighted by Crippen LogP contribution is 2.54. The molecule has 0 aliphatic carbocycles. The first kappa shape index (κ1) is 37.1. The summed E-state index contributed by atoms with van der Waals surface area (Å²) in [5, 5.41) is 10.7. The number of alkyl halides is 1. The summed E-state index contributed by atoms with van der Waals surface area (Å²) in [6.45, 7) is 11.2. The fraction of sp³-hybridized carbons (Fsp3) is 0.875. The van der Waals surface area contributed by atoms with Crippen molar-refractivity contribution in [3.8, 4) is 0 Å². The fourth-order valence-corrected chi connectivity index (χ4v) is 11.6. The van der Waals surface area contributed by atoms with Crippen molar-refractivity contribution in [3.05, 3.63) is 24.3 Å². The maximum absolute atomic E-state index is 14.1. The van der Waals surface area contributed by atoms with Crippen LogP contribution in [0.1, 0.15) is 90.4 Å². The van der Waals surface area contributed by atoms with Crippen molar-refractivity contribution >= 4 is 28.4 Å². The number of fused-ring (bicyclic) bond motifs is 6. The molecule has 0 aromatic heterocycles. The van der Waals surface area contributed by atoms with Gasteiger partial charge < -0.3 is 47.7 Å². The molecule has 10 saturated heterocycles. The number of aliphatic hydroxyl groups is 1. The molecule has 19 atom stereocenters. The van der Waals surface area contributed by atoms with Gasteiger partial charge in [0.2, 0.25) is 0 Å². The Kier molecular flexibility index (Phi) is 10.5. The van der Waals surface area contributed by atoms with Gasteiger partial charge in [0.15, 0.2) is 5.79 Å². The smallest absolute Gasteiger partial charge is 0.172 e. The number of aliphatic hydroxyl groups excluding tert-OH is 1. The van der Waals surface area contributed by atoms with E-state index in [1.165, 1.54) is 0 Å². The van der Waals surface area contributed by atoms with Crippen LogP contribution in [0.15, 0.2) is 24.3 Å². The van der Waals surface area contributed by atoms with Gasteiger partial charge in [-0.25, -0.2) is 0 Å². The molecule has 0 aromatic rings. The Balaban J connectivity index is 0.994. The first-order valence-electron chi connectivity index (χ1n) is 20.0. The van der Waals surface area contributed by atoms with Crippen LogP contribution in [0, 0.1) is 11.8 Å². The molecule has 12 heteroatoms. The molecule has 10 aliphatic heterocycles. The number of halogens is 1. The summed E-state index contributed by atoms with van der Waals surface area (Å²) in [6.07, 6.45) is 5.64. The number of rotatable bonds is 4. The lowest BCUT2D eigenvalue weighted by molar-refractivity contribution is -0.292. The Bertz CT molecular complexity index is 1380. The van der Waals surface area contributed by atoms with Crippen LogP contribution in [0.4, 0.5) is 0 Å². The second kappa shape index (κ2) is 14.8. The quantitative estimate of drug-likeness (QED) is 0.236. The van der Waals surface area contributed by atoms with Gasteiger partial charge in [-0.05, 0) is 62.0 Å². The molecule has 0 radical (unpaired) electrons. The van der Waals surface area contributed by atoms with Crippen molar-refractivity contribution in [1.29, 1.82) is 0 Å². The molecule has 10 heterocycles. The van der Waals surface area contributed by atoms with Crippen LogP contribution in [-0.4, -0.2) is 126 Å². The van der Waals surface area contributed by atoms with Gasteiger partial charge in [-0.15, -0.1) is 0 Å². The highest BCUT2D eigenvalue weighted by Gasteiger charge is 2.68. The molecule has 11 nitrogen and oxygen atoms in total. The SMILES string of the molecule is C=C1CC2CCC34CC5OC6C(OC7CCC(CC(=O)CC8C(CC9OC(CCC1O2)CC(C)C9=C)OC(CC(O)CI)C8OC)OC7C6O3)C5O4. The molecule has 1 N–H and O–H groups in total. The first-order valence-corrected chi connectivity index (χ1v) is 21.6. The molecule has 290 valence electrons. The average Bonchev–Trinajstić information content (AvgIpc) is 3.79. The third kappa shape index (κ3) is 6.83. The Morgan fingerprint density at radius 1 is 0.808 bits per heavy atom. The Hall–Kier alpha value is -0.520. The van der Waals surface area contributed by atoms with Crippen LogP contribution in [0.3, 0.4) is 0 Å². The van der Waals surface area contributed by atoms with Gasteiger partial charge in [-0.2, -0.15) is 0 Å². The fourth-order valence-electron chi connectivity index (χ4n) is 11.2. The normalized spacial score (nSPS) is 52.4. The Morgan fingerprint density at radius 3 is 2.38 bits per heavy atom. The second-order valence-corrected chi connectivity index (χ2v) is 18.2. The standard InChI is InChI=1S/C40H57IO11/c1-19-11-24-5-7-28-20(2)12-26(45-28)9-10-40-17-33-36(51-40)37-38(50-33)39(52-40)35-29(49-37)8-6-25(47-35)13-22(42)14-27-31(16-30(46-24)21(19)3)48-32(34(27)44-4)15-23(43)18-41/h19,23-39,43H,2-3,5-18H2,1,4H3. The van der Waals surface area contributed by atoms with E-state index in [1.54, 1.807) is 7.11 Å². The number of carbonyl (C=O) groups is 1. The van der Waals surface area contributed by atoms with Crippen molar-refractivity contribution in [2.45, 2.75) is 194 Å². The summed E-state index contributed by atoms with van der Waals surface area (Å²) in [5.41, 5.74) is 2.23. The number of Topliss-reactive ketones (excluding diaryl/α,β-unsaturated/α-hetero) is 1. The molecule has 0 amide bonds. The van der Waals surface area contributed by atoms with Crippen molar-refractivity contribution in [2.75, 3.05) is 11.5 Å². The van der Waals surface area contributed by atoms with E-state index >= 15 is 0 Å². The van der Waals surface area contributed by atoms with Crippen LogP contribution >= 0.6 is 22.6 Å². The van der Waals surface area contributed by atoms with Crippen molar-refractivity contribution in [1.82, 2.24) is 0 Å². The molecule has 10 rings (SSSR count). The highest BCUT2D eigenvalue weighted by atomic mass is 127. The summed E-state index contributed by atoms with van der Waals surface area (Å²) in [5.74, 6) is -0.535. The van der Waals surface area contributed by atoms with Crippen molar-refractivity contribution in [2.24, 2.45) is 11.8 Å². The topological polar surface area (TPSA) is 120 Å². The van der Waals surface area contributed by atoms with Crippen LogP contribution in [0.25, 0.3) is 0 Å². The van der Waals surface area contributed by atoms with E-state index < -0.39 is 11.9 Å². The highest BCUT2D eigenvalue weighted by molar-refractivity contribution is 14.1. The van der Waals surface area contributed by atoms with E-state index in [1.807, 2.05) is 0 Å². The van der Waals surface area contributed by atoms with Crippen LogP contribution in [0.2, 0.25) is 0 Å². The van der Waals surface area contributed by atoms with E-state index in [-0.39, 0.29) is 103 Å². The largest absolute Gasteiger partial charge is 0.392 e. The molecular formula is C40H57IO11. The third-order valence-electron chi connectivity index (χ3n) is 13.9. The van der Waals surface area contributed by atoms with Gasteiger partial charge in [-0.1, -0.05) is 42.7 Å². The summed E-state index contributed by atoms with van der Waals surface area (Å²) >= 11 is 2.20. The maximum atomic E-state index is 14.1. The van der Waals surface area contributed by atoms with E-state index in [9.17, 15) is 9.90 Å². The van der Waals surface area contributed by atoms with Crippen LogP contribution < -0.4 is 0 Å². The van der Waals surface area contributed by atoms with Gasteiger partial charge in [0.05, 0.1) is 67.1 Å². The maximum Gasteiger partial charge on any atom is 0.172 e. The molecule has 0 saturated carbocycles. The van der Waals surface area contributed by atoms with E-state index in [0.29, 0.717) is 48.9 Å². The number of ether oxygens (including phenoxy) is 9. The van der Waals surface area contributed by atoms with Gasteiger partial charge in [-0.3, -0.25) is 4.79 Å². The van der Waals surface area contributed by atoms with E-state index in [2.05, 4.69) is 42.7 Å². The summed E-state index contributed by atoms with van der Waals surface area (Å²) in [4.78, 5) is 14.1. The minimum absolute atomic E-state index is 0.00617. The first-order chi connectivity index (χ1) is 25.1. The molecule has 12 bridgehead atoms. The lowest BCUT2D eigenvalue weighted by Crippen LogP contribution is -2.61. The van der Waals surface area contributed by atoms with Gasteiger partial charge >= 0.3 is 0 Å². The Morgan fingerprint density at radius 2 is 1.56 bits per heavy atom. The van der Waals surface area contributed by atoms with E-state index in [0.717, 1.165) is 56.1 Å². The molecule has 0 aromatic carbocycles. The summed E-state index contributed by atoms with van der Waals surface area (Å²) < 4.78 is 60.8. The Labute approximate surface area is 321 Å². The molecule has 10 fully saturated rings. The minimum Gasteiger partial charge on any atom is -0.392 e. The monoisotopic (exact) mass is 840 g/mol. The van der Waals surface area contributed by atoms with Crippen molar-refractivity contribution < 1.29 is 52.5 Å². The molecule has 19 unspecified atom stereocenters. The van der Waals surface area contributed by atoms with E-state index in [4.69, 9.17) is 42.6 Å². The van der Waals surface area contributed by atoms with Crippen LogP contribution in [-0.2, 0) is 47.4 Å². The predicted octanol–water partition coefficient (Wildman–Crippen LogP) is 4.91. The van der Waals surface area contributed by atoms with Gasteiger partial charge in [0.25, 0.3) is 0 Å². The molecular weight excluding hydrogens is 783 g/mol. The minimum atomic E-state index is -0.773. The average molecular weight is 841 g/mol. The number of ketones is 1. The predicted molar refractivity (Wildman–Crippen MR) is 196 cm³/mol. The van der Waals surface area contributed by atoms with Crippen LogP contribution in [0.5, 0.6) is 0 Å². The summed E-state index contributed by atoms with van der Waals surface area (Å²) in [7, 11) is 1.69. The van der Waals surface area contributed by atoms with Gasteiger partial charge in [0, 0.05) is 56.0 Å². The van der Waals surface area contributed by atoms with Gasteiger partial charge in [0.1, 0.15) is 36.3 Å². The lowest BCUT2D eigenvalue weighted by atomic mass is 9.81. The molecule has 52 heavy (non-hydrogen) atoms. The zero-order valence-corrected chi connectivity index (χ0v) is 32.8. The zero-order valence-electron chi connectivity index (χ0n) is 30.6. The van der Waals surface area contributed by atoms with Crippen molar-refractivity contribution in [3.63, 3.8) is 0 Å². The summed E-state index contributed by atoms with van der Waals surface area (Å²) in [6, 6.07) is 0. The third-order valence-corrected chi connectivity index (χ3v) is 14.9. The molecule has 1 spiro atoms. The number of hydrogen-bond acceptors (Lipinski definition) is 11. The number of methoxy groups -OCH3 is 1. The molecule has 10 aliphatic rings. The second-order valence-electron chi connectivity index (χ2n) is 17.3. The number of hydrogen-bond donors (Lipinski definition) is 1. The zero-order chi connectivity index (χ0) is 35.9. The number of carbonyl (C=O) groups excluding carboxylic acids is 1. The lowest BCUT2D eigenvalue weighted by Gasteiger charge is -2.47.